The normalized spacial score (nSPS) is 43.2. The summed E-state index contributed by atoms with van der Waals surface area (Å²) in [5.74, 6) is 3.65. The molecule has 0 spiro atoms. The fourth-order valence-electron chi connectivity index (χ4n) is 12.2. The number of fused-ring (bicyclic) bond motifs is 2. The zero-order valence-corrected chi connectivity index (χ0v) is 24.4. The molecule has 7 saturated carbocycles. The lowest BCUT2D eigenvalue weighted by Crippen LogP contribution is -2.62. The van der Waals surface area contributed by atoms with Crippen LogP contribution < -0.4 is 0 Å². The fourth-order valence-corrected chi connectivity index (χ4v) is 12.2. The van der Waals surface area contributed by atoms with E-state index in [0.29, 0.717) is 35.5 Å². The summed E-state index contributed by atoms with van der Waals surface area (Å²) >= 11 is 0. The molecule has 0 saturated heterocycles. The van der Waals surface area contributed by atoms with Crippen LogP contribution in [0.1, 0.15) is 136 Å². The van der Waals surface area contributed by atoms with Crippen LogP contribution in [-0.4, -0.2) is 22.3 Å². The third-order valence-electron chi connectivity index (χ3n) is 13.6. The van der Waals surface area contributed by atoms with Crippen LogP contribution in [0.4, 0.5) is 0 Å². The zero-order chi connectivity index (χ0) is 26.2. The number of aliphatic hydroxyl groups is 1. The molecular weight excluding hydrogens is 468 g/mol. The summed E-state index contributed by atoms with van der Waals surface area (Å²) in [6.07, 6.45) is 27.6. The number of ether oxygens (including phenoxy) is 1. The molecule has 0 aromatic heterocycles. The Balaban J connectivity index is 1.25. The Labute approximate surface area is 231 Å². The van der Waals surface area contributed by atoms with Crippen molar-refractivity contribution in [1.29, 1.82) is 0 Å². The predicted octanol–water partition coefficient (Wildman–Crippen LogP) is 8.39. The smallest absolute Gasteiger partial charge is 0.310 e. The van der Waals surface area contributed by atoms with Gasteiger partial charge in [-0.25, -0.2) is 0 Å². The molecule has 0 aromatic carbocycles. The van der Waals surface area contributed by atoms with Crippen LogP contribution in [0.5, 0.6) is 0 Å². The minimum Gasteiger partial charge on any atom is -0.458 e. The first-order valence-electron chi connectivity index (χ1n) is 16.8. The third kappa shape index (κ3) is 4.26. The number of esters is 1. The molecule has 0 amide bonds. The van der Waals surface area contributed by atoms with Crippen LogP contribution in [0.2, 0.25) is 0 Å². The number of rotatable bonds is 7. The molecule has 7 fully saturated rings. The van der Waals surface area contributed by atoms with E-state index in [2.05, 4.69) is 26.0 Å². The van der Waals surface area contributed by atoms with Crippen LogP contribution in [-0.2, 0) is 9.53 Å². The number of hydrogen-bond donors (Lipinski definition) is 1. The molecule has 3 nitrogen and oxygen atoms in total. The predicted molar refractivity (Wildman–Crippen MR) is 151 cm³/mol. The molecule has 0 radical (unpaired) electrons. The van der Waals surface area contributed by atoms with Crippen molar-refractivity contribution in [3.63, 3.8) is 0 Å². The van der Waals surface area contributed by atoms with Crippen molar-refractivity contribution in [2.75, 3.05) is 0 Å². The van der Waals surface area contributed by atoms with Crippen molar-refractivity contribution >= 4 is 5.97 Å². The SMILES string of the molecule is CC(C)(CC(OC(=O)C1CC2C=CC1C2)(C1CCCCC1)C1CCCCC1)C12CC3CC(CC(O)(C3)C1)C2. The summed E-state index contributed by atoms with van der Waals surface area (Å²) in [6, 6.07) is 0. The van der Waals surface area contributed by atoms with Gasteiger partial charge in [-0.05, 0) is 130 Å². The fraction of sp³-hybridized carbons (Fsp3) is 0.914. The highest BCUT2D eigenvalue weighted by Crippen LogP contribution is 2.69. The van der Waals surface area contributed by atoms with E-state index in [1.165, 1.54) is 83.5 Å². The zero-order valence-electron chi connectivity index (χ0n) is 24.4. The van der Waals surface area contributed by atoms with E-state index in [0.717, 1.165) is 38.5 Å². The first kappa shape index (κ1) is 26.1. The summed E-state index contributed by atoms with van der Waals surface area (Å²) < 4.78 is 7.24. The average molecular weight is 523 g/mol. The largest absolute Gasteiger partial charge is 0.458 e. The molecule has 8 rings (SSSR count). The second-order valence-electron chi connectivity index (χ2n) is 16.5. The highest BCUT2D eigenvalue weighted by molar-refractivity contribution is 5.74. The van der Waals surface area contributed by atoms with Gasteiger partial charge < -0.3 is 9.84 Å². The summed E-state index contributed by atoms with van der Waals surface area (Å²) in [5, 5.41) is 11.7. The van der Waals surface area contributed by atoms with E-state index in [1.54, 1.807) is 0 Å². The standard InChI is InChI=1S/C35H54O3/c1-32(2,33-18-25-15-26(19-33)21-34(37,20-25)23-33)22-35(28-9-5-3-6-10-28,29-11-7-4-8-12-29)38-31(36)30-17-24-13-14-27(30)16-24/h13-14,24-30,37H,3-12,15-23H2,1-2H3. The van der Waals surface area contributed by atoms with E-state index in [9.17, 15) is 9.90 Å². The van der Waals surface area contributed by atoms with Gasteiger partial charge in [-0.3, -0.25) is 4.79 Å². The summed E-state index contributed by atoms with van der Waals surface area (Å²) in [7, 11) is 0. The highest BCUT2D eigenvalue weighted by Gasteiger charge is 2.64. The molecule has 3 heteroatoms. The van der Waals surface area contributed by atoms with E-state index < -0.39 is 5.60 Å². The summed E-state index contributed by atoms with van der Waals surface area (Å²) in [4.78, 5) is 14.2. The molecule has 0 aromatic rings. The lowest BCUT2D eigenvalue weighted by atomic mass is 9.40. The number of carbonyl (C=O) groups excluding carboxylic acids is 1. The van der Waals surface area contributed by atoms with Crippen LogP contribution in [0.3, 0.4) is 0 Å². The Kier molecular flexibility index (Phi) is 6.42. The Morgan fingerprint density at radius 1 is 0.842 bits per heavy atom. The molecule has 8 aliphatic rings. The van der Waals surface area contributed by atoms with Gasteiger partial charge >= 0.3 is 5.97 Å². The van der Waals surface area contributed by atoms with Gasteiger partial charge in [0.05, 0.1) is 11.5 Å². The van der Waals surface area contributed by atoms with Crippen molar-refractivity contribution in [3.8, 4) is 0 Å². The maximum Gasteiger partial charge on any atom is 0.310 e. The Hall–Kier alpha value is -0.830. The van der Waals surface area contributed by atoms with Crippen LogP contribution in [0.15, 0.2) is 12.2 Å². The quantitative estimate of drug-likeness (QED) is 0.270. The van der Waals surface area contributed by atoms with Gasteiger partial charge in [0.15, 0.2) is 0 Å². The Morgan fingerprint density at radius 2 is 1.45 bits per heavy atom. The van der Waals surface area contributed by atoms with Gasteiger partial charge in [0.2, 0.25) is 0 Å². The average Bonchev–Trinajstić information content (AvgIpc) is 3.52. The maximum absolute atomic E-state index is 14.2. The van der Waals surface area contributed by atoms with E-state index >= 15 is 0 Å². The van der Waals surface area contributed by atoms with Gasteiger partial charge in [0.25, 0.3) is 0 Å². The first-order valence-corrected chi connectivity index (χ1v) is 16.8. The minimum atomic E-state index is -0.439. The van der Waals surface area contributed by atoms with Crippen molar-refractivity contribution < 1.29 is 14.6 Å². The second-order valence-corrected chi connectivity index (χ2v) is 16.5. The van der Waals surface area contributed by atoms with Gasteiger partial charge in [-0.15, -0.1) is 0 Å². The summed E-state index contributed by atoms with van der Waals surface area (Å²) in [5.41, 5.74) is -0.505. The second kappa shape index (κ2) is 9.35. The molecule has 212 valence electrons. The number of hydrogen-bond acceptors (Lipinski definition) is 3. The van der Waals surface area contributed by atoms with Crippen molar-refractivity contribution in [2.45, 2.75) is 147 Å². The minimum absolute atomic E-state index is 0.0580. The van der Waals surface area contributed by atoms with Gasteiger partial charge in [0.1, 0.15) is 5.60 Å². The van der Waals surface area contributed by atoms with Crippen LogP contribution >= 0.6 is 0 Å². The molecule has 38 heavy (non-hydrogen) atoms. The van der Waals surface area contributed by atoms with Crippen molar-refractivity contribution in [2.24, 2.45) is 52.3 Å². The van der Waals surface area contributed by atoms with E-state index in [-0.39, 0.29) is 28.3 Å². The van der Waals surface area contributed by atoms with Crippen molar-refractivity contribution in [3.05, 3.63) is 12.2 Å². The van der Waals surface area contributed by atoms with Crippen molar-refractivity contribution in [1.82, 2.24) is 0 Å². The highest BCUT2D eigenvalue weighted by atomic mass is 16.6. The molecule has 5 unspecified atom stereocenters. The maximum atomic E-state index is 14.2. The van der Waals surface area contributed by atoms with E-state index in [4.69, 9.17) is 4.74 Å². The Bertz CT molecular complexity index is 903. The molecular formula is C35H54O3. The topological polar surface area (TPSA) is 46.5 Å². The lowest BCUT2D eigenvalue weighted by molar-refractivity contribution is -0.228. The van der Waals surface area contributed by atoms with E-state index in [1.807, 2.05) is 0 Å². The monoisotopic (exact) mass is 522 g/mol. The van der Waals surface area contributed by atoms with Gasteiger partial charge in [-0.2, -0.15) is 0 Å². The summed E-state index contributed by atoms with van der Waals surface area (Å²) in [6.45, 7) is 5.08. The van der Waals surface area contributed by atoms with Crippen LogP contribution in [0, 0.1) is 52.3 Å². The molecule has 8 aliphatic carbocycles. The van der Waals surface area contributed by atoms with Gasteiger partial charge in [0, 0.05) is 0 Å². The number of allylic oxidation sites excluding steroid dienone is 2. The molecule has 0 aliphatic heterocycles. The lowest BCUT2D eigenvalue weighted by Gasteiger charge is -2.66. The molecule has 5 atom stereocenters. The molecule has 0 heterocycles. The van der Waals surface area contributed by atoms with Crippen LogP contribution in [0.25, 0.3) is 0 Å². The third-order valence-corrected chi connectivity index (χ3v) is 13.6. The number of carbonyl (C=O) groups is 1. The molecule has 6 bridgehead atoms. The first-order chi connectivity index (χ1) is 18.2. The Morgan fingerprint density at radius 3 is 1.95 bits per heavy atom. The molecule has 1 N–H and O–H groups in total. The van der Waals surface area contributed by atoms with Gasteiger partial charge in [-0.1, -0.05) is 64.5 Å².